The summed E-state index contributed by atoms with van der Waals surface area (Å²) in [6, 6.07) is 11.6. The van der Waals surface area contributed by atoms with Crippen molar-refractivity contribution in [3.8, 4) is 28.8 Å². The zero-order valence-electron chi connectivity index (χ0n) is 34.0. The number of fused-ring (bicyclic) bond motifs is 3. The number of hydrogen-bond acceptors (Lipinski definition) is 14. The van der Waals surface area contributed by atoms with Gasteiger partial charge in [0.2, 0.25) is 0 Å². The number of aryl methyl sites for hydroxylation is 1. The van der Waals surface area contributed by atoms with E-state index >= 15 is 8.78 Å². The van der Waals surface area contributed by atoms with E-state index in [9.17, 15) is 14.9 Å². The van der Waals surface area contributed by atoms with Crippen LogP contribution in [-0.2, 0) is 20.6 Å². The minimum atomic E-state index is -0.903. The van der Waals surface area contributed by atoms with Gasteiger partial charge in [0.05, 0.1) is 28.1 Å². The lowest BCUT2D eigenvalue weighted by Crippen LogP contribution is -2.56. The lowest BCUT2D eigenvalue weighted by molar-refractivity contribution is -0.384. The van der Waals surface area contributed by atoms with Crippen molar-refractivity contribution >= 4 is 39.3 Å². The minimum absolute atomic E-state index is 0.0139. The molecule has 61 heavy (non-hydrogen) atoms. The molecule has 0 aliphatic carbocycles. The Morgan fingerprint density at radius 3 is 2.59 bits per heavy atom. The summed E-state index contributed by atoms with van der Waals surface area (Å²) in [6.07, 6.45) is 6.99. The lowest BCUT2D eigenvalue weighted by atomic mass is 9.86. The number of nitro groups is 1. The molecule has 4 saturated heterocycles. The molecule has 1 spiro atoms. The van der Waals surface area contributed by atoms with Gasteiger partial charge in [0.1, 0.15) is 47.6 Å². The molecule has 0 N–H and O–H groups in total. The summed E-state index contributed by atoms with van der Waals surface area (Å²) in [6.45, 7) is 4.83. The van der Waals surface area contributed by atoms with E-state index in [0.29, 0.717) is 65.0 Å². The van der Waals surface area contributed by atoms with Crippen molar-refractivity contribution in [2.75, 3.05) is 58.3 Å². The quantitative estimate of drug-likeness (QED) is 0.0370. The van der Waals surface area contributed by atoms with Crippen molar-refractivity contribution in [3.05, 3.63) is 82.0 Å². The third kappa shape index (κ3) is 7.74. The number of rotatable bonds is 13. The van der Waals surface area contributed by atoms with Gasteiger partial charge in [-0.05, 0) is 98.2 Å². The first-order chi connectivity index (χ1) is 29.6. The first-order valence-corrected chi connectivity index (χ1v) is 20.7. The maximum Gasteiger partial charge on any atom is 0.513 e. The first kappa shape index (κ1) is 40.6. The number of carbonyl (C=O) groups is 1. The molecule has 0 bridgehead atoms. The maximum atomic E-state index is 17.4. The molecular formula is C44H46F2N6O9. The van der Waals surface area contributed by atoms with Crippen molar-refractivity contribution in [2.24, 2.45) is 0 Å². The Morgan fingerprint density at radius 1 is 1.02 bits per heavy atom. The lowest BCUT2D eigenvalue weighted by Gasteiger charge is -2.48. The van der Waals surface area contributed by atoms with Gasteiger partial charge in [0.15, 0.2) is 12.6 Å². The first-order valence-electron chi connectivity index (χ1n) is 20.7. The second kappa shape index (κ2) is 16.6. The van der Waals surface area contributed by atoms with Crippen molar-refractivity contribution in [2.45, 2.75) is 75.5 Å². The number of piperidine rings is 1. The maximum absolute atomic E-state index is 17.4. The van der Waals surface area contributed by atoms with Gasteiger partial charge in [-0.25, -0.2) is 13.6 Å². The van der Waals surface area contributed by atoms with Crippen LogP contribution in [0.15, 0.2) is 54.7 Å². The van der Waals surface area contributed by atoms with E-state index in [-0.39, 0.29) is 60.3 Å². The van der Waals surface area contributed by atoms with Gasteiger partial charge in [0.25, 0.3) is 5.69 Å². The number of non-ortho nitro benzene ring substituents is 1. The fraction of sp³-hybridized carbons (Fsp3) is 0.455. The van der Waals surface area contributed by atoms with E-state index in [1.54, 1.807) is 24.4 Å². The smallest absolute Gasteiger partial charge is 0.468 e. The molecule has 0 amide bonds. The van der Waals surface area contributed by atoms with E-state index in [1.807, 2.05) is 6.92 Å². The summed E-state index contributed by atoms with van der Waals surface area (Å²) in [5.74, 6) is -0.0533. The number of nitrogens with zero attached hydrogens (tertiary/aromatic N) is 6. The Bertz CT molecular complexity index is 2490. The number of pyridine rings is 1. The molecule has 3 atom stereocenters. The topological polar surface area (TPSA) is 161 Å². The number of nitro benzene ring substituents is 1. The number of carbonyl (C=O) groups excluding carboxylic acids is 1. The number of anilines is 1. The van der Waals surface area contributed by atoms with Crippen LogP contribution in [0.25, 0.3) is 32.9 Å². The number of benzene rings is 3. The zero-order valence-corrected chi connectivity index (χ0v) is 34.0. The van der Waals surface area contributed by atoms with Crippen molar-refractivity contribution < 1.29 is 46.9 Å². The molecule has 2 aromatic heterocycles. The molecule has 6 heterocycles. The van der Waals surface area contributed by atoms with E-state index in [0.717, 1.165) is 51.5 Å². The number of aromatic nitrogens is 3. The number of halogens is 2. The Kier molecular flexibility index (Phi) is 11.0. The third-order valence-corrected chi connectivity index (χ3v) is 12.7. The monoisotopic (exact) mass is 840 g/mol. The van der Waals surface area contributed by atoms with Crippen molar-refractivity contribution in [1.82, 2.24) is 19.9 Å². The molecule has 15 nitrogen and oxygen atoms in total. The molecule has 4 aliphatic heterocycles. The van der Waals surface area contributed by atoms with Crippen LogP contribution in [0, 0.1) is 21.7 Å². The van der Waals surface area contributed by atoms with Crippen LogP contribution in [0.2, 0.25) is 0 Å². The summed E-state index contributed by atoms with van der Waals surface area (Å²) in [7, 11) is 1.51. The summed E-state index contributed by atoms with van der Waals surface area (Å²) in [5, 5.41) is 12.6. The van der Waals surface area contributed by atoms with Crippen LogP contribution in [0.5, 0.6) is 17.5 Å². The molecule has 3 aromatic carbocycles. The highest BCUT2D eigenvalue weighted by atomic mass is 19.1. The highest BCUT2D eigenvalue weighted by Gasteiger charge is 2.50. The summed E-state index contributed by atoms with van der Waals surface area (Å²) in [5.41, 5.74) is -0.00237. The largest absolute Gasteiger partial charge is 0.513 e. The highest BCUT2D eigenvalue weighted by molar-refractivity contribution is 6.02. The predicted octanol–water partition coefficient (Wildman–Crippen LogP) is 7.93. The second-order valence-corrected chi connectivity index (χ2v) is 16.2. The molecule has 5 aromatic rings. The van der Waals surface area contributed by atoms with Gasteiger partial charge in [-0.1, -0.05) is 13.0 Å². The molecule has 0 unspecified atom stereocenters. The Morgan fingerprint density at radius 2 is 1.84 bits per heavy atom. The number of methoxy groups -OCH3 is 1. The van der Waals surface area contributed by atoms with Gasteiger partial charge in [-0.15, -0.1) is 0 Å². The Hall–Kier alpha value is -5.78. The third-order valence-electron chi connectivity index (χ3n) is 12.7. The molecule has 0 saturated carbocycles. The average molecular weight is 841 g/mol. The fourth-order valence-electron chi connectivity index (χ4n) is 9.65. The van der Waals surface area contributed by atoms with Gasteiger partial charge < -0.3 is 33.3 Å². The molecule has 0 radical (unpaired) electrons. The number of ether oxygens (including phenoxy) is 6. The second-order valence-electron chi connectivity index (χ2n) is 16.2. The van der Waals surface area contributed by atoms with Crippen LogP contribution < -0.4 is 19.1 Å². The molecular weight excluding hydrogens is 795 g/mol. The predicted molar refractivity (Wildman–Crippen MR) is 219 cm³/mol. The summed E-state index contributed by atoms with van der Waals surface area (Å²) < 4.78 is 67.1. The van der Waals surface area contributed by atoms with Gasteiger partial charge in [0, 0.05) is 56.6 Å². The van der Waals surface area contributed by atoms with E-state index < -0.39 is 28.3 Å². The molecule has 320 valence electrons. The van der Waals surface area contributed by atoms with Crippen LogP contribution in [0.3, 0.4) is 0 Å². The van der Waals surface area contributed by atoms with Gasteiger partial charge >= 0.3 is 12.2 Å². The molecule has 4 fully saturated rings. The SMILES string of the molecule is CCc1c(F)ccc2cc(OCOC)cc(-c3ncc4c(N5CCC[C@]6(CCO6)C5)nc(OC[C@@]56CCCN5[C@H](COC(=O)Oc5ccc([N+](=O)[O-])cc5)CC6)nc4c3F)c12. The Labute approximate surface area is 350 Å². The van der Waals surface area contributed by atoms with E-state index in [4.69, 9.17) is 43.4 Å². The van der Waals surface area contributed by atoms with Crippen LogP contribution in [0.1, 0.15) is 57.4 Å². The minimum Gasteiger partial charge on any atom is -0.468 e. The average Bonchev–Trinajstić information content (AvgIpc) is 3.83. The molecule has 9 rings (SSSR count). The zero-order chi connectivity index (χ0) is 42.3. The van der Waals surface area contributed by atoms with Crippen LogP contribution in [-0.4, -0.2) is 101 Å². The molecule has 17 heteroatoms. The fourth-order valence-corrected chi connectivity index (χ4v) is 9.65. The summed E-state index contributed by atoms with van der Waals surface area (Å²) in [4.78, 5) is 41.8. The highest BCUT2D eigenvalue weighted by Crippen LogP contribution is 2.45. The van der Waals surface area contributed by atoms with Crippen molar-refractivity contribution in [1.29, 1.82) is 0 Å². The van der Waals surface area contributed by atoms with E-state index in [1.165, 1.54) is 37.4 Å². The van der Waals surface area contributed by atoms with Crippen LogP contribution >= 0.6 is 0 Å². The molecule has 4 aliphatic rings. The normalized spacial score (nSPS) is 22.4. The van der Waals surface area contributed by atoms with Crippen molar-refractivity contribution in [3.63, 3.8) is 0 Å². The van der Waals surface area contributed by atoms with E-state index in [2.05, 4.69) is 9.80 Å². The summed E-state index contributed by atoms with van der Waals surface area (Å²) >= 11 is 0. The Balaban J connectivity index is 1.02. The number of hydrogen-bond donors (Lipinski definition) is 0. The van der Waals surface area contributed by atoms with Gasteiger partial charge in [-0.3, -0.25) is 20.0 Å². The van der Waals surface area contributed by atoms with Crippen LogP contribution in [0.4, 0.5) is 25.1 Å². The van der Waals surface area contributed by atoms with Gasteiger partial charge in [-0.2, -0.15) is 9.97 Å². The standard InChI is InChI=1S/C44H46F2N6O9/c1-3-32-35(45)11-6-27-20-31(59-26-56-2)21-33(36(27)32)38-37(46)39-34(22-47-38)40(50-17-5-14-44(24-50)16-19-60-44)49-41(48-39)58-25-43-13-4-18-51(43)29(12-15-43)23-57-42(53)61-30-9-7-28(8-10-30)52(54)55/h6-11,20-22,29H,3-5,12-19,23-26H2,1-2H3/t29-,43-,44-/m0/s1.